The lowest BCUT2D eigenvalue weighted by atomic mass is 10.1. The van der Waals surface area contributed by atoms with Crippen molar-refractivity contribution in [1.29, 1.82) is 0 Å². The molecule has 0 amide bonds. The maximum absolute atomic E-state index is 11.3. The Bertz CT molecular complexity index is 1020. The van der Waals surface area contributed by atoms with Gasteiger partial charge in [-0.3, -0.25) is 9.88 Å². The predicted octanol–water partition coefficient (Wildman–Crippen LogP) is 4.38. The van der Waals surface area contributed by atoms with E-state index in [1.807, 2.05) is 37.4 Å². The van der Waals surface area contributed by atoms with Crippen LogP contribution in [0.4, 0.5) is 0 Å². The van der Waals surface area contributed by atoms with Crippen LogP contribution in [0.15, 0.2) is 48.7 Å². The molecular formula is C22H23ClN2O4. The van der Waals surface area contributed by atoms with Gasteiger partial charge in [0.1, 0.15) is 0 Å². The van der Waals surface area contributed by atoms with Gasteiger partial charge in [0.05, 0.1) is 12.6 Å². The van der Waals surface area contributed by atoms with E-state index in [1.165, 1.54) is 14.0 Å². The van der Waals surface area contributed by atoms with Gasteiger partial charge in [0.25, 0.3) is 0 Å². The maximum atomic E-state index is 11.3. The Morgan fingerprint density at radius 3 is 2.66 bits per heavy atom. The fourth-order valence-corrected chi connectivity index (χ4v) is 3.42. The average molecular weight is 415 g/mol. The van der Waals surface area contributed by atoms with E-state index in [0.717, 1.165) is 22.0 Å². The van der Waals surface area contributed by atoms with Crippen molar-refractivity contribution in [1.82, 2.24) is 9.88 Å². The summed E-state index contributed by atoms with van der Waals surface area (Å²) in [5.74, 6) is -0.265. The third-order valence-electron chi connectivity index (χ3n) is 4.56. The monoisotopic (exact) mass is 414 g/mol. The van der Waals surface area contributed by atoms with Crippen molar-refractivity contribution in [3.63, 3.8) is 0 Å². The van der Waals surface area contributed by atoms with E-state index in [-0.39, 0.29) is 0 Å². The highest BCUT2D eigenvalue weighted by atomic mass is 35.5. The van der Waals surface area contributed by atoms with Gasteiger partial charge in [0, 0.05) is 41.3 Å². The fourth-order valence-electron chi connectivity index (χ4n) is 3.19. The number of ether oxygens (including phenoxy) is 2. The van der Waals surface area contributed by atoms with Gasteiger partial charge in [-0.2, -0.15) is 0 Å². The van der Waals surface area contributed by atoms with Gasteiger partial charge in [-0.05, 0) is 31.7 Å². The standard InChI is InChI=1S/C22H23ClN2O4/c1-14(22(26)27)29-21-17(10-18(23)11-19(21)28-3)13-25(2)12-16-7-4-6-15-8-5-9-24-20(15)16/h4-11,14H,12-13H2,1-3H3,(H,26,27). The van der Waals surface area contributed by atoms with Crippen LogP contribution in [0.2, 0.25) is 5.02 Å². The zero-order valence-electron chi connectivity index (χ0n) is 16.6. The number of carbonyl (C=O) groups is 1. The van der Waals surface area contributed by atoms with Crippen LogP contribution in [0.3, 0.4) is 0 Å². The number of pyridine rings is 1. The summed E-state index contributed by atoms with van der Waals surface area (Å²) < 4.78 is 11.1. The van der Waals surface area contributed by atoms with Gasteiger partial charge in [0.15, 0.2) is 17.6 Å². The largest absolute Gasteiger partial charge is 0.493 e. The van der Waals surface area contributed by atoms with Crippen LogP contribution in [0, 0.1) is 0 Å². The Labute approximate surface area is 174 Å². The number of carboxylic acids is 1. The van der Waals surface area contributed by atoms with E-state index in [4.69, 9.17) is 21.1 Å². The van der Waals surface area contributed by atoms with Crippen LogP contribution in [-0.4, -0.2) is 41.2 Å². The molecule has 1 unspecified atom stereocenters. The molecule has 0 saturated heterocycles. The first-order chi connectivity index (χ1) is 13.9. The molecule has 3 aromatic rings. The Hall–Kier alpha value is -2.83. The molecule has 7 heteroatoms. The number of halogens is 1. The summed E-state index contributed by atoms with van der Waals surface area (Å²) in [5, 5.41) is 10.8. The Morgan fingerprint density at radius 2 is 1.93 bits per heavy atom. The number of rotatable bonds is 8. The highest BCUT2D eigenvalue weighted by Crippen LogP contribution is 2.36. The minimum absolute atomic E-state index is 0.384. The van der Waals surface area contributed by atoms with E-state index in [0.29, 0.717) is 29.6 Å². The summed E-state index contributed by atoms with van der Waals surface area (Å²) in [4.78, 5) is 17.9. The fraction of sp³-hybridized carbons (Fsp3) is 0.273. The van der Waals surface area contributed by atoms with Crippen molar-refractivity contribution in [2.75, 3.05) is 14.2 Å². The lowest BCUT2D eigenvalue weighted by Crippen LogP contribution is -2.25. The van der Waals surface area contributed by atoms with Crippen LogP contribution in [0.1, 0.15) is 18.1 Å². The molecule has 0 fully saturated rings. The van der Waals surface area contributed by atoms with Gasteiger partial charge in [-0.15, -0.1) is 0 Å². The number of hydrogen-bond donors (Lipinski definition) is 1. The van der Waals surface area contributed by atoms with Gasteiger partial charge in [-0.1, -0.05) is 35.9 Å². The molecule has 1 heterocycles. The molecule has 6 nitrogen and oxygen atoms in total. The van der Waals surface area contributed by atoms with E-state index in [1.54, 1.807) is 18.3 Å². The molecular weight excluding hydrogens is 392 g/mol. The van der Waals surface area contributed by atoms with Crippen LogP contribution in [-0.2, 0) is 17.9 Å². The zero-order valence-corrected chi connectivity index (χ0v) is 17.3. The molecule has 0 radical (unpaired) electrons. The molecule has 0 aliphatic carbocycles. The summed E-state index contributed by atoms with van der Waals surface area (Å²) >= 11 is 6.24. The molecule has 0 aliphatic heterocycles. The Kier molecular flexibility index (Phi) is 6.56. The van der Waals surface area contributed by atoms with Gasteiger partial charge in [-0.25, -0.2) is 4.79 Å². The summed E-state index contributed by atoms with van der Waals surface area (Å²) in [6.07, 6.45) is 0.767. The second-order valence-electron chi connectivity index (χ2n) is 6.86. The van der Waals surface area contributed by atoms with Crippen molar-refractivity contribution >= 4 is 28.5 Å². The number of nitrogens with zero attached hydrogens (tertiary/aromatic N) is 2. The van der Waals surface area contributed by atoms with E-state index >= 15 is 0 Å². The van der Waals surface area contributed by atoms with E-state index < -0.39 is 12.1 Å². The van der Waals surface area contributed by atoms with Crippen molar-refractivity contribution in [3.8, 4) is 11.5 Å². The van der Waals surface area contributed by atoms with E-state index in [2.05, 4.69) is 9.88 Å². The minimum Gasteiger partial charge on any atom is -0.493 e. The third-order valence-corrected chi connectivity index (χ3v) is 4.77. The Balaban J connectivity index is 1.88. The molecule has 2 aromatic carbocycles. The lowest BCUT2D eigenvalue weighted by Gasteiger charge is -2.22. The van der Waals surface area contributed by atoms with Gasteiger partial charge in [0.2, 0.25) is 0 Å². The molecule has 0 saturated carbocycles. The molecule has 1 aromatic heterocycles. The molecule has 29 heavy (non-hydrogen) atoms. The highest BCUT2D eigenvalue weighted by Gasteiger charge is 2.20. The molecule has 1 atom stereocenters. The number of methoxy groups -OCH3 is 1. The van der Waals surface area contributed by atoms with Crippen LogP contribution in [0.25, 0.3) is 10.9 Å². The molecule has 3 rings (SSSR count). The SMILES string of the molecule is COc1cc(Cl)cc(CN(C)Cc2cccc3cccnc23)c1OC(C)C(=O)O. The summed E-state index contributed by atoms with van der Waals surface area (Å²) in [7, 11) is 3.47. The van der Waals surface area contributed by atoms with Gasteiger partial charge >= 0.3 is 5.97 Å². The van der Waals surface area contributed by atoms with Crippen molar-refractivity contribution in [2.24, 2.45) is 0 Å². The predicted molar refractivity (Wildman–Crippen MR) is 113 cm³/mol. The normalized spacial score (nSPS) is 12.2. The number of fused-ring (bicyclic) bond motifs is 1. The topological polar surface area (TPSA) is 71.9 Å². The third kappa shape index (κ3) is 4.96. The molecule has 1 N–H and O–H groups in total. The van der Waals surface area contributed by atoms with Crippen LogP contribution in [0.5, 0.6) is 11.5 Å². The second kappa shape index (κ2) is 9.11. The summed E-state index contributed by atoms with van der Waals surface area (Å²) in [5.41, 5.74) is 2.81. The van der Waals surface area contributed by atoms with Crippen molar-refractivity contribution < 1.29 is 19.4 Å². The summed E-state index contributed by atoms with van der Waals surface area (Å²) in [6, 6.07) is 13.4. The lowest BCUT2D eigenvalue weighted by molar-refractivity contribution is -0.144. The number of aromatic nitrogens is 1. The minimum atomic E-state index is -1.05. The number of benzene rings is 2. The zero-order chi connectivity index (χ0) is 21.0. The number of aliphatic carboxylic acids is 1. The highest BCUT2D eigenvalue weighted by molar-refractivity contribution is 6.30. The first-order valence-electron chi connectivity index (χ1n) is 9.16. The average Bonchev–Trinajstić information content (AvgIpc) is 2.69. The molecule has 152 valence electrons. The van der Waals surface area contributed by atoms with E-state index in [9.17, 15) is 9.90 Å². The number of hydrogen-bond acceptors (Lipinski definition) is 5. The van der Waals surface area contributed by atoms with Gasteiger partial charge < -0.3 is 14.6 Å². The second-order valence-corrected chi connectivity index (χ2v) is 7.30. The van der Waals surface area contributed by atoms with Crippen LogP contribution >= 0.6 is 11.6 Å². The number of para-hydroxylation sites is 1. The first kappa shape index (κ1) is 20.9. The molecule has 0 spiro atoms. The summed E-state index contributed by atoms with van der Waals surface area (Å²) in [6.45, 7) is 2.62. The smallest absolute Gasteiger partial charge is 0.344 e. The van der Waals surface area contributed by atoms with Crippen molar-refractivity contribution in [3.05, 3.63) is 64.8 Å². The molecule has 0 aliphatic rings. The quantitative estimate of drug-likeness (QED) is 0.589. The Morgan fingerprint density at radius 1 is 1.21 bits per heavy atom. The number of carboxylic acid groups (broad SMARTS) is 1. The molecule has 0 bridgehead atoms. The van der Waals surface area contributed by atoms with Crippen LogP contribution < -0.4 is 9.47 Å². The van der Waals surface area contributed by atoms with Crippen molar-refractivity contribution in [2.45, 2.75) is 26.1 Å². The first-order valence-corrected chi connectivity index (χ1v) is 9.54. The maximum Gasteiger partial charge on any atom is 0.344 e.